The standard InChI is InChI=1S/C14H16Br2N2S2/c1-14(2)5-8(17-3)11-9(6-14)18-13(20-11)10-4-7(15)12(16)19-10/h4,8,17H,5-6H2,1-3H3. The van der Waals surface area contributed by atoms with Crippen molar-refractivity contribution in [1.82, 2.24) is 10.3 Å². The summed E-state index contributed by atoms with van der Waals surface area (Å²) in [6.45, 7) is 4.66. The van der Waals surface area contributed by atoms with Crippen LogP contribution in [0.3, 0.4) is 0 Å². The van der Waals surface area contributed by atoms with Gasteiger partial charge in [0.1, 0.15) is 5.01 Å². The molecule has 2 aromatic rings. The van der Waals surface area contributed by atoms with E-state index in [0.29, 0.717) is 11.5 Å². The Labute approximate surface area is 144 Å². The van der Waals surface area contributed by atoms with E-state index in [9.17, 15) is 0 Å². The van der Waals surface area contributed by atoms with Gasteiger partial charge in [-0.3, -0.25) is 0 Å². The number of thiophene rings is 1. The van der Waals surface area contributed by atoms with Crippen molar-refractivity contribution >= 4 is 54.5 Å². The van der Waals surface area contributed by atoms with Gasteiger partial charge in [-0.15, -0.1) is 22.7 Å². The summed E-state index contributed by atoms with van der Waals surface area (Å²) in [5.41, 5.74) is 1.60. The molecule has 3 rings (SSSR count). The predicted molar refractivity (Wildman–Crippen MR) is 94.7 cm³/mol. The Balaban J connectivity index is 2.03. The lowest BCUT2D eigenvalue weighted by Gasteiger charge is -2.34. The Bertz CT molecular complexity index is 626. The van der Waals surface area contributed by atoms with Gasteiger partial charge in [0.2, 0.25) is 0 Å². The SMILES string of the molecule is CNC1CC(C)(C)Cc2nc(-c3cc(Br)c(Br)s3)sc21. The molecule has 2 nitrogen and oxygen atoms in total. The van der Waals surface area contributed by atoms with Crippen LogP contribution in [0.15, 0.2) is 14.3 Å². The summed E-state index contributed by atoms with van der Waals surface area (Å²) in [6, 6.07) is 2.59. The first-order valence-electron chi connectivity index (χ1n) is 6.52. The summed E-state index contributed by atoms with van der Waals surface area (Å²) >= 11 is 10.7. The van der Waals surface area contributed by atoms with Gasteiger partial charge in [-0.25, -0.2) is 4.98 Å². The Morgan fingerprint density at radius 1 is 1.35 bits per heavy atom. The minimum absolute atomic E-state index is 0.322. The zero-order chi connectivity index (χ0) is 14.5. The summed E-state index contributed by atoms with van der Waals surface area (Å²) in [4.78, 5) is 7.57. The maximum atomic E-state index is 4.92. The number of hydrogen-bond acceptors (Lipinski definition) is 4. The van der Waals surface area contributed by atoms with Crippen LogP contribution in [-0.4, -0.2) is 12.0 Å². The van der Waals surface area contributed by atoms with Crippen molar-refractivity contribution in [3.63, 3.8) is 0 Å². The molecule has 1 N–H and O–H groups in total. The Morgan fingerprint density at radius 3 is 2.70 bits per heavy atom. The maximum Gasteiger partial charge on any atom is 0.134 e. The highest BCUT2D eigenvalue weighted by atomic mass is 79.9. The molecule has 0 bridgehead atoms. The van der Waals surface area contributed by atoms with Crippen LogP contribution in [0.1, 0.15) is 36.9 Å². The highest BCUT2D eigenvalue weighted by Gasteiger charge is 2.34. The van der Waals surface area contributed by atoms with Gasteiger partial charge in [0.15, 0.2) is 0 Å². The smallest absolute Gasteiger partial charge is 0.134 e. The van der Waals surface area contributed by atoms with E-state index in [1.807, 2.05) is 18.4 Å². The highest BCUT2D eigenvalue weighted by molar-refractivity contribution is 9.13. The van der Waals surface area contributed by atoms with Gasteiger partial charge in [0, 0.05) is 15.4 Å². The van der Waals surface area contributed by atoms with E-state index in [2.05, 4.69) is 57.1 Å². The molecular formula is C14H16Br2N2S2. The first kappa shape index (κ1) is 15.2. The molecule has 20 heavy (non-hydrogen) atoms. The summed E-state index contributed by atoms with van der Waals surface area (Å²) < 4.78 is 2.24. The van der Waals surface area contributed by atoms with Gasteiger partial charge in [-0.2, -0.15) is 0 Å². The maximum absolute atomic E-state index is 4.92. The molecule has 0 aliphatic heterocycles. The summed E-state index contributed by atoms with van der Waals surface area (Å²) in [7, 11) is 2.05. The van der Waals surface area contributed by atoms with Gasteiger partial charge in [-0.1, -0.05) is 13.8 Å². The molecule has 0 spiro atoms. The average Bonchev–Trinajstić information content (AvgIpc) is 2.91. The van der Waals surface area contributed by atoms with E-state index in [-0.39, 0.29) is 0 Å². The molecule has 6 heteroatoms. The average molecular weight is 436 g/mol. The fourth-order valence-electron chi connectivity index (χ4n) is 2.72. The molecule has 1 aliphatic carbocycles. The molecule has 2 heterocycles. The molecule has 1 unspecified atom stereocenters. The molecule has 108 valence electrons. The van der Waals surface area contributed by atoms with Gasteiger partial charge >= 0.3 is 0 Å². The Hall–Kier alpha value is 0.250. The normalized spacial score (nSPS) is 20.9. The quantitative estimate of drug-likeness (QED) is 0.660. The van der Waals surface area contributed by atoms with Crippen molar-refractivity contribution in [3.8, 4) is 9.88 Å². The largest absolute Gasteiger partial charge is 0.312 e. The second-order valence-electron chi connectivity index (χ2n) is 5.95. The van der Waals surface area contributed by atoms with Crippen molar-refractivity contribution in [2.24, 2.45) is 5.41 Å². The zero-order valence-corrected chi connectivity index (χ0v) is 16.4. The van der Waals surface area contributed by atoms with Gasteiger partial charge in [-0.05, 0) is 63.2 Å². The molecule has 0 fully saturated rings. The Morgan fingerprint density at radius 2 is 2.10 bits per heavy atom. The number of fused-ring (bicyclic) bond motifs is 1. The second kappa shape index (κ2) is 5.47. The lowest BCUT2D eigenvalue weighted by atomic mass is 9.76. The number of aromatic nitrogens is 1. The Kier molecular flexibility index (Phi) is 4.14. The van der Waals surface area contributed by atoms with Crippen molar-refractivity contribution in [2.75, 3.05) is 7.05 Å². The molecule has 0 amide bonds. The van der Waals surface area contributed by atoms with E-state index in [1.165, 1.54) is 21.9 Å². The minimum atomic E-state index is 0.322. The van der Waals surface area contributed by atoms with Gasteiger partial charge in [0.05, 0.1) is 14.4 Å². The van der Waals surface area contributed by atoms with Crippen LogP contribution in [0, 0.1) is 5.41 Å². The number of nitrogens with zero attached hydrogens (tertiary/aromatic N) is 1. The summed E-state index contributed by atoms with van der Waals surface area (Å²) in [5.74, 6) is 0. The third-order valence-corrected chi connectivity index (χ3v) is 8.29. The molecule has 2 aromatic heterocycles. The fraction of sp³-hybridized carbons (Fsp3) is 0.500. The first-order valence-corrected chi connectivity index (χ1v) is 9.73. The number of hydrogen-bond donors (Lipinski definition) is 1. The van der Waals surface area contributed by atoms with Crippen molar-refractivity contribution in [3.05, 3.63) is 24.9 Å². The third kappa shape index (κ3) is 2.77. The van der Waals surface area contributed by atoms with E-state index in [1.54, 1.807) is 11.3 Å². The van der Waals surface area contributed by atoms with Gasteiger partial charge in [0.25, 0.3) is 0 Å². The van der Waals surface area contributed by atoms with Crippen LogP contribution in [0.2, 0.25) is 0 Å². The molecular weight excluding hydrogens is 420 g/mol. The van der Waals surface area contributed by atoms with Crippen molar-refractivity contribution in [1.29, 1.82) is 0 Å². The van der Waals surface area contributed by atoms with Crippen LogP contribution in [0.5, 0.6) is 0 Å². The van der Waals surface area contributed by atoms with E-state index in [4.69, 9.17) is 4.98 Å². The molecule has 0 saturated heterocycles. The minimum Gasteiger partial charge on any atom is -0.312 e. The van der Waals surface area contributed by atoms with Crippen LogP contribution in [0.25, 0.3) is 9.88 Å². The molecule has 0 aromatic carbocycles. The molecule has 1 aliphatic rings. The topological polar surface area (TPSA) is 24.9 Å². The van der Waals surface area contributed by atoms with Crippen molar-refractivity contribution in [2.45, 2.75) is 32.7 Å². The monoisotopic (exact) mass is 434 g/mol. The van der Waals surface area contributed by atoms with Gasteiger partial charge < -0.3 is 5.32 Å². The highest BCUT2D eigenvalue weighted by Crippen LogP contribution is 2.46. The van der Waals surface area contributed by atoms with Crippen LogP contribution >= 0.6 is 54.5 Å². The number of nitrogens with one attached hydrogen (secondary N) is 1. The second-order valence-corrected chi connectivity index (χ2v) is 10.2. The van der Waals surface area contributed by atoms with E-state index in [0.717, 1.165) is 19.7 Å². The number of halogens is 2. The third-order valence-electron chi connectivity index (χ3n) is 3.65. The fourth-order valence-corrected chi connectivity index (χ4v) is 6.00. The van der Waals surface area contributed by atoms with E-state index < -0.39 is 0 Å². The van der Waals surface area contributed by atoms with Crippen LogP contribution in [-0.2, 0) is 6.42 Å². The number of thiazole rings is 1. The van der Waals surface area contributed by atoms with Crippen molar-refractivity contribution < 1.29 is 0 Å². The van der Waals surface area contributed by atoms with Crippen LogP contribution in [0.4, 0.5) is 0 Å². The summed E-state index contributed by atoms with van der Waals surface area (Å²) in [6.07, 6.45) is 2.25. The van der Waals surface area contributed by atoms with E-state index >= 15 is 0 Å². The summed E-state index contributed by atoms with van der Waals surface area (Å²) in [5, 5.41) is 4.60. The first-order chi connectivity index (χ1) is 9.39. The molecule has 1 atom stereocenters. The lowest BCUT2D eigenvalue weighted by molar-refractivity contribution is 0.265. The lowest BCUT2D eigenvalue weighted by Crippen LogP contribution is -2.30. The zero-order valence-electron chi connectivity index (χ0n) is 11.6. The predicted octanol–water partition coefficient (Wildman–Crippen LogP) is 5.63. The van der Waals surface area contributed by atoms with Crippen LogP contribution < -0.4 is 5.32 Å². The molecule has 0 radical (unpaired) electrons. The molecule has 0 saturated carbocycles. The number of rotatable bonds is 2.